The number of unbranched alkanes of at least 4 members (excludes halogenated alkanes) is 1. The Hall–Kier alpha value is -2.99. The van der Waals surface area contributed by atoms with E-state index in [1.807, 2.05) is 31.2 Å². The number of ether oxygens (including phenoxy) is 2. The predicted octanol–water partition coefficient (Wildman–Crippen LogP) is 4.33. The first-order valence-corrected chi connectivity index (χ1v) is 11.6. The lowest BCUT2D eigenvalue weighted by Crippen LogP contribution is -2.33. The number of benzene rings is 2. The summed E-state index contributed by atoms with van der Waals surface area (Å²) in [6, 6.07) is 12.3. The van der Waals surface area contributed by atoms with Crippen molar-refractivity contribution >= 4 is 17.5 Å². The fourth-order valence-corrected chi connectivity index (χ4v) is 4.21. The van der Waals surface area contributed by atoms with Gasteiger partial charge in [-0.15, -0.1) is 0 Å². The summed E-state index contributed by atoms with van der Waals surface area (Å²) in [5.41, 5.74) is 3.16. The topological polar surface area (TPSA) is 72.9 Å². The van der Waals surface area contributed by atoms with Crippen molar-refractivity contribution in [3.05, 3.63) is 64.7 Å². The van der Waals surface area contributed by atoms with Crippen LogP contribution >= 0.6 is 0 Å². The van der Waals surface area contributed by atoms with Crippen LogP contribution in [0.15, 0.2) is 42.5 Å². The monoisotopic (exact) mass is 451 g/mol. The average Bonchev–Trinajstić information content (AvgIpc) is 3.08. The zero-order valence-corrected chi connectivity index (χ0v) is 19.9. The van der Waals surface area contributed by atoms with Crippen LogP contribution in [0.25, 0.3) is 0 Å². The molecule has 1 amide bonds. The molecular formula is C27H33NO5. The molecule has 0 saturated carbocycles. The molecule has 6 nitrogen and oxygen atoms in total. The van der Waals surface area contributed by atoms with Gasteiger partial charge in [0, 0.05) is 19.2 Å². The number of aryl methyl sites for hydroxylation is 2. The number of ketones is 2. The molecule has 0 radical (unpaired) electrons. The second kappa shape index (κ2) is 11.2. The maximum absolute atomic E-state index is 13.6. The van der Waals surface area contributed by atoms with Gasteiger partial charge in [0.05, 0.1) is 19.3 Å². The van der Waals surface area contributed by atoms with Crippen molar-refractivity contribution in [1.29, 1.82) is 0 Å². The lowest BCUT2D eigenvalue weighted by atomic mass is 9.85. The first-order chi connectivity index (χ1) is 15.9. The van der Waals surface area contributed by atoms with Gasteiger partial charge in [-0.05, 0) is 54.7 Å². The number of methoxy groups -OCH3 is 1. The lowest BCUT2D eigenvalue weighted by molar-refractivity contribution is -0.141. The van der Waals surface area contributed by atoms with Crippen LogP contribution in [0.5, 0.6) is 5.75 Å². The molecular weight excluding hydrogens is 418 g/mol. The number of carbonyl (C=O) groups is 3. The van der Waals surface area contributed by atoms with Gasteiger partial charge < -0.3 is 14.4 Å². The zero-order chi connectivity index (χ0) is 24.0. The second-order valence-electron chi connectivity index (χ2n) is 8.42. The molecule has 2 atom stereocenters. The Labute approximate surface area is 195 Å². The van der Waals surface area contributed by atoms with Gasteiger partial charge in [-0.2, -0.15) is 0 Å². The molecule has 0 N–H and O–H groups in total. The van der Waals surface area contributed by atoms with E-state index in [-0.39, 0.29) is 18.9 Å². The summed E-state index contributed by atoms with van der Waals surface area (Å²) in [7, 11) is 1.54. The van der Waals surface area contributed by atoms with Crippen molar-refractivity contribution in [3.8, 4) is 5.75 Å². The molecule has 2 aromatic rings. The largest absolute Gasteiger partial charge is 0.493 e. The van der Waals surface area contributed by atoms with Crippen LogP contribution in [0.3, 0.4) is 0 Å². The highest BCUT2D eigenvalue weighted by atomic mass is 16.5. The Bertz CT molecular complexity index is 998. The first kappa shape index (κ1) is 24.6. The van der Waals surface area contributed by atoms with E-state index in [4.69, 9.17) is 9.47 Å². The molecule has 0 bridgehead atoms. The third-order valence-corrected chi connectivity index (χ3v) is 6.17. The van der Waals surface area contributed by atoms with Crippen molar-refractivity contribution in [2.75, 3.05) is 26.9 Å². The van der Waals surface area contributed by atoms with Crippen LogP contribution in [0.1, 0.15) is 59.8 Å². The molecule has 6 heteroatoms. The highest BCUT2D eigenvalue weighted by Crippen LogP contribution is 2.38. The summed E-state index contributed by atoms with van der Waals surface area (Å²) < 4.78 is 10.9. The molecule has 1 aliphatic rings. The smallest absolute Gasteiger partial charge is 0.291 e. The number of Topliss-reactive ketones (excluding diaryl/α,β-unsaturated/α-hetero) is 2. The third kappa shape index (κ3) is 5.33. The average molecular weight is 452 g/mol. The summed E-state index contributed by atoms with van der Waals surface area (Å²) in [6.07, 6.45) is 2.87. The number of rotatable bonds is 11. The standard InChI is InChI=1S/C27H33NO5/c1-5-7-15-33-22-13-12-21(17-18(22)3)25(29)23-24(20-10-8-19(6-2)9-11-20)28(14-16-32-4)27(31)26(23)30/h8-13,17,23-24H,5-7,14-16H2,1-4H3. The van der Waals surface area contributed by atoms with E-state index < -0.39 is 23.7 Å². The molecule has 1 fully saturated rings. The fourth-order valence-electron chi connectivity index (χ4n) is 4.21. The van der Waals surface area contributed by atoms with Gasteiger partial charge in [0.25, 0.3) is 5.91 Å². The van der Waals surface area contributed by atoms with E-state index in [0.29, 0.717) is 12.2 Å². The fraction of sp³-hybridized carbons (Fsp3) is 0.444. The molecule has 33 heavy (non-hydrogen) atoms. The lowest BCUT2D eigenvalue weighted by Gasteiger charge is -2.27. The number of hydrogen-bond donors (Lipinski definition) is 0. The van der Waals surface area contributed by atoms with Crippen LogP contribution < -0.4 is 4.74 Å². The summed E-state index contributed by atoms with van der Waals surface area (Å²) in [5.74, 6) is -2.01. The molecule has 2 unspecified atom stereocenters. The van der Waals surface area contributed by atoms with Crippen LogP contribution in [-0.2, 0) is 20.7 Å². The van der Waals surface area contributed by atoms with Crippen LogP contribution in [0.4, 0.5) is 0 Å². The van der Waals surface area contributed by atoms with E-state index in [1.165, 1.54) is 4.90 Å². The maximum atomic E-state index is 13.6. The Morgan fingerprint density at radius 1 is 1.03 bits per heavy atom. The van der Waals surface area contributed by atoms with E-state index in [0.717, 1.165) is 41.7 Å². The van der Waals surface area contributed by atoms with E-state index in [1.54, 1.807) is 25.3 Å². The van der Waals surface area contributed by atoms with Gasteiger partial charge in [0.1, 0.15) is 11.7 Å². The molecule has 0 aliphatic carbocycles. The Morgan fingerprint density at radius 2 is 1.76 bits per heavy atom. The summed E-state index contributed by atoms with van der Waals surface area (Å²) in [5, 5.41) is 0. The van der Waals surface area contributed by atoms with Gasteiger partial charge in [0.15, 0.2) is 5.78 Å². The van der Waals surface area contributed by atoms with E-state index in [9.17, 15) is 14.4 Å². The van der Waals surface area contributed by atoms with Crippen molar-refractivity contribution in [2.24, 2.45) is 5.92 Å². The Kier molecular flexibility index (Phi) is 8.39. The number of nitrogens with zero attached hydrogens (tertiary/aromatic N) is 1. The Balaban J connectivity index is 1.95. The van der Waals surface area contributed by atoms with Gasteiger partial charge in [-0.1, -0.05) is 44.5 Å². The maximum Gasteiger partial charge on any atom is 0.291 e. The minimum atomic E-state index is -1.09. The Morgan fingerprint density at radius 3 is 2.36 bits per heavy atom. The number of likely N-dealkylation sites (tertiary alicyclic amines) is 1. The van der Waals surface area contributed by atoms with Gasteiger partial charge in [-0.25, -0.2) is 0 Å². The zero-order valence-electron chi connectivity index (χ0n) is 19.9. The summed E-state index contributed by atoms with van der Waals surface area (Å²) in [4.78, 5) is 41.0. The molecule has 3 rings (SSSR count). The van der Waals surface area contributed by atoms with Gasteiger partial charge >= 0.3 is 0 Å². The van der Waals surface area contributed by atoms with Crippen LogP contribution in [-0.4, -0.2) is 49.2 Å². The van der Waals surface area contributed by atoms with Crippen molar-refractivity contribution < 1.29 is 23.9 Å². The molecule has 2 aromatic carbocycles. The SMILES string of the molecule is CCCCOc1ccc(C(=O)C2C(=O)C(=O)N(CCOC)C2c2ccc(CC)cc2)cc1C. The van der Waals surface area contributed by atoms with Crippen LogP contribution in [0, 0.1) is 12.8 Å². The molecule has 0 aromatic heterocycles. The quantitative estimate of drug-likeness (QED) is 0.220. The minimum Gasteiger partial charge on any atom is -0.493 e. The normalized spacial score (nSPS) is 18.1. The molecule has 1 heterocycles. The summed E-state index contributed by atoms with van der Waals surface area (Å²) in [6.45, 7) is 7.18. The predicted molar refractivity (Wildman–Crippen MR) is 127 cm³/mol. The molecule has 0 spiro atoms. The van der Waals surface area contributed by atoms with Crippen molar-refractivity contribution in [2.45, 2.75) is 46.1 Å². The number of amides is 1. The first-order valence-electron chi connectivity index (χ1n) is 11.6. The van der Waals surface area contributed by atoms with Crippen molar-refractivity contribution in [3.63, 3.8) is 0 Å². The number of hydrogen-bond acceptors (Lipinski definition) is 5. The van der Waals surface area contributed by atoms with Crippen molar-refractivity contribution in [1.82, 2.24) is 4.90 Å². The minimum absolute atomic E-state index is 0.244. The van der Waals surface area contributed by atoms with E-state index in [2.05, 4.69) is 13.8 Å². The van der Waals surface area contributed by atoms with Gasteiger partial charge in [-0.3, -0.25) is 14.4 Å². The van der Waals surface area contributed by atoms with Gasteiger partial charge in [0.2, 0.25) is 5.78 Å². The van der Waals surface area contributed by atoms with E-state index >= 15 is 0 Å². The third-order valence-electron chi connectivity index (χ3n) is 6.17. The second-order valence-corrected chi connectivity index (χ2v) is 8.42. The highest BCUT2D eigenvalue weighted by molar-refractivity contribution is 6.44. The molecule has 1 aliphatic heterocycles. The molecule has 176 valence electrons. The number of carbonyl (C=O) groups excluding carboxylic acids is 3. The highest BCUT2D eigenvalue weighted by Gasteiger charge is 2.51. The molecule has 1 saturated heterocycles. The van der Waals surface area contributed by atoms with Crippen LogP contribution in [0.2, 0.25) is 0 Å². The summed E-state index contributed by atoms with van der Waals surface area (Å²) >= 11 is 0.